The van der Waals surface area contributed by atoms with Crippen molar-refractivity contribution in [2.75, 3.05) is 74.1 Å². The van der Waals surface area contributed by atoms with Crippen LogP contribution in [-0.4, -0.2) is 165 Å². The molecule has 4 fully saturated rings. The molecule has 4 aliphatic rings. The van der Waals surface area contributed by atoms with Gasteiger partial charge in [0.25, 0.3) is 0 Å². The summed E-state index contributed by atoms with van der Waals surface area (Å²) in [6.07, 6.45) is 5.32. The Bertz CT molecular complexity index is 3120. The van der Waals surface area contributed by atoms with Crippen LogP contribution in [0.15, 0.2) is 97.8 Å². The van der Waals surface area contributed by atoms with Crippen molar-refractivity contribution in [3.8, 4) is 5.75 Å². The molecule has 3 aromatic heterocycles. The molecule has 77 heavy (non-hydrogen) atoms. The Hall–Kier alpha value is -6.00. The zero-order valence-electron chi connectivity index (χ0n) is 44.7. The third-order valence-electron chi connectivity index (χ3n) is 15.2. The Morgan fingerprint density at radius 1 is 0.948 bits per heavy atom. The number of nitrogens with one attached hydrogen (secondary N) is 1. The third-order valence-corrected chi connectivity index (χ3v) is 25.5. The molecule has 5 atom stereocenters. The van der Waals surface area contributed by atoms with Gasteiger partial charge in [-0.2, -0.15) is 5.10 Å². The normalized spacial score (nSPS) is 23.4. The van der Waals surface area contributed by atoms with E-state index in [9.17, 15) is 9.18 Å². The SMILES string of the molecule is Cc1cn2cc(NC(=O)[CH]3[In]([c]4ccc(N5CCN(c6ccc(OC[C@H]7OC[C@](Cn8cncn8)(c8ccc(F)cc8F)O7)cc6)CC5)cc4)[C](=O)N(C(C)C)C3(C)N3CCN(C(=O)OC(C)(C)C)C(C)C3)cc(Cl)c2n1. The summed E-state index contributed by atoms with van der Waals surface area (Å²) < 4.78 is 56.8. The first-order valence-corrected chi connectivity index (χ1v) is 31.7. The molecule has 4 saturated heterocycles. The number of hydrogen-bond acceptors (Lipinski definition) is 13. The van der Waals surface area contributed by atoms with Gasteiger partial charge in [0.15, 0.2) is 6.29 Å². The molecule has 4 aliphatic heterocycles. The molecule has 0 bridgehead atoms. The monoisotopic (exact) mass is 1180 g/mol. The predicted octanol–water partition coefficient (Wildman–Crippen LogP) is 7.63. The van der Waals surface area contributed by atoms with Gasteiger partial charge in [-0.25, -0.2) is 18.4 Å². The number of ether oxygens (including phenoxy) is 4. The Labute approximate surface area is 459 Å². The van der Waals surface area contributed by atoms with Crippen molar-refractivity contribution in [2.24, 2.45) is 0 Å². The van der Waals surface area contributed by atoms with Gasteiger partial charge in [0.05, 0.1) is 13.2 Å². The summed E-state index contributed by atoms with van der Waals surface area (Å²) in [7, 11) is 0. The van der Waals surface area contributed by atoms with E-state index in [-0.39, 0.29) is 53.1 Å². The number of amides is 3. The number of halogens is 3. The molecule has 406 valence electrons. The van der Waals surface area contributed by atoms with E-state index in [0.717, 1.165) is 52.6 Å². The van der Waals surface area contributed by atoms with E-state index in [1.807, 2.05) is 90.8 Å². The van der Waals surface area contributed by atoms with E-state index >= 15 is 14.0 Å². The quantitative estimate of drug-likeness (QED) is 0.120. The molecular formula is C55H65ClF2InN11O7. The van der Waals surface area contributed by atoms with E-state index in [1.165, 1.54) is 29.5 Å². The number of aromatic nitrogens is 5. The second-order valence-corrected chi connectivity index (χ2v) is 30.3. The number of benzene rings is 3. The Morgan fingerprint density at radius 2 is 1.64 bits per heavy atom. The van der Waals surface area contributed by atoms with Crippen LogP contribution in [-0.2, 0) is 31.2 Å². The predicted molar refractivity (Wildman–Crippen MR) is 289 cm³/mol. The van der Waals surface area contributed by atoms with E-state index < -0.39 is 59.9 Å². The topological polar surface area (TPSA) is 164 Å². The van der Waals surface area contributed by atoms with Crippen molar-refractivity contribution < 1.29 is 42.1 Å². The van der Waals surface area contributed by atoms with E-state index in [4.69, 9.17) is 30.5 Å². The van der Waals surface area contributed by atoms with Crippen LogP contribution in [0.3, 0.4) is 0 Å². The van der Waals surface area contributed by atoms with Crippen molar-refractivity contribution in [3.63, 3.8) is 0 Å². The molecule has 0 saturated carbocycles. The molecule has 3 unspecified atom stereocenters. The maximum absolute atomic E-state index is 15.3. The number of imidazole rings is 1. The minimum absolute atomic E-state index is 0.00245. The number of hydrogen-bond donors (Lipinski definition) is 1. The minimum atomic E-state index is -3.91. The summed E-state index contributed by atoms with van der Waals surface area (Å²) in [6.45, 7) is 19.9. The van der Waals surface area contributed by atoms with E-state index in [0.29, 0.717) is 41.7 Å². The van der Waals surface area contributed by atoms with Crippen LogP contribution in [0, 0.1) is 18.6 Å². The first-order valence-electron chi connectivity index (χ1n) is 26.1. The molecule has 18 nitrogen and oxygen atoms in total. The van der Waals surface area contributed by atoms with Crippen LogP contribution in [0.5, 0.6) is 5.75 Å². The molecule has 10 rings (SSSR count). The molecule has 6 aromatic rings. The summed E-state index contributed by atoms with van der Waals surface area (Å²) in [6, 6.07) is 20.8. The van der Waals surface area contributed by atoms with Gasteiger partial charge in [0.2, 0.25) is 0 Å². The number of carbonyl (C=O) groups is 3. The van der Waals surface area contributed by atoms with Crippen molar-refractivity contribution in [1.29, 1.82) is 0 Å². The fourth-order valence-corrected chi connectivity index (χ4v) is 22.8. The van der Waals surface area contributed by atoms with Crippen LogP contribution < -0.4 is 23.2 Å². The Kier molecular flexibility index (Phi) is 15.3. The van der Waals surface area contributed by atoms with E-state index in [2.05, 4.69) is 59.3 Å². The second kappa shape index (κ2) is 21.7. The molecule has 3 amide bonds. The van der Waals surface area contributed by atoms with Crippen molar-refractivity contribution in [1.82, 2.24) is 38.8 Å². The molecular weight excluding hydrogens is 1110 g/mol. The fraction of sp³-hybridized carbons (Fsp3) is 0.455. The van der Waals surface area contributed by atoms with Gasteiger partial charge in [-0.1, -0.05) is 6.07 Å². The Balaban J connectivity index is 0.819. The van der Waals surface area contributed by atoms with Gasteiger partial charge in [0.1, 0.15) is 36.5 Å². The average molecular weight is 1180 g/mol. The van der Waals surface area contributed by atoms with Crippen molar-refractivity contribution >= 4 is 74.7 Å². The zero-order chi connectivity index (χ0) is 54.6. The molecule has 22 heteroatoms. The molecule has 7 heterocycles. The summed E-state index contributed by atoms with van der Waals surface area (Å²) in [4.78, 5) is 63.0. The first-order chi connectivity index (χ1) is 36.7. The van der Waals surface area contributed by atoms with Crippen LogP contribution in [0.4, 0.5) is 35.4 Å². The standard InChI is InChI=1S/C29H28F2N5O3.C26H37ClN6O4.In/c30-22-6-11-26(27(31)16-22)29(18-36-21-32-20-33-36)19-38-28(39-29)17-37-25-9-7-24(8-10-25)35-14-12-34(13-15-35)23-4-2-1-3-5-23;1-17(2)33(16-34)26(8,31-9-10-32(19(4)14-31)24(36)37-25(5,6)7)12-22(35)29-20-11-21(27)23-28-18(3)13-30(23)15-20;/h2-11,16,20-21,28H,12-15,17-19H2;11-13,15,17,19H,9-10,14H2,1-8H3,(H,29,35);/t28-,29+;;/m0../s1. The number of pyridine rings is 1. The Morgan fingerprint density at radius 3 is 2.26 bits per heavy atom. The number of fused-ring (bicyclic) bond motifs is 1. The number of aryl methyl sites for hydroxylation is 1. The average Bonchev–Trinajstić information content (AvgIpc) is 4.29. The van der Waals surface area contributed by atoms with Gasteiger partial charge < -0.3 is 14.2 Å². The van der Waals surface area contributed by atoms with Crippen LogP contribution in [0.25, 0.3) is 5.65 Å². The van der Waals surface area contributed by atoms with Gasteiger partial charge >= 0.3 is 345 Å². The molecule has 1 N–H and O–H groups in total. The number of carbonyl (C=O) groups excluding carboxylic acids is 3. The van der Waals surface area contributed by atoms with Crippen LogP contribution in [0.2, 0.25) is 8.70 Å². The maximum atomic E-state index is 15.3. The van der Waals surface area contributed by atoms with Crippen molar-refractivity contribution in [2.45, 2.75) is 101 Å². The van der Waals surface area contributed by atoms with Crippen LogP contribution in [0.1, 0.15) is 59.7 Å². The van der Waals surface area contributed by atoms with Gasteiger partial charge in [0, 0.05) is 11.6 Å². The molecule has 0 aliphatic carbocycles. The van der Waals surface area contributed by atoms with Crippen molar-refractivity contribution in [3.05, 3.63) is 126 Å². The van der Waals surface area contributed by atoms with Crippen LogP contribution >= 0.6 is 11.6 Å². The molecule has 0 spiro atoms. The number of rotatable bonds is 13. The van der Waals surface area contributed by atoms with Gasteiger partial charge in [-0.3, -0.25) is 0 Å². The molecule has 0 radical (unpaired) electrons. The summed E-state index contributed by atoms with van der Waals surface area (Å²) in [5.41, 5.74) is 1.16. The summed E-state index contributed by atoms with van der Waals surface area (Å²) >= 11 is 2.82. The van der Waals surface area contributed by atoms with Gasteiger partial charge in [-0.05, 0) is 6.07 Å². The first kappa shape index (κ1) is 54.4. The third kappa shape index (κ3) is 11.1. The summed E-state index contributed by atoms with van der Waals surface area (Å²) in [5, 5.41) is 7.78. The summed E-state index contributed by atoms with van der Waals surface area (Å²) in [5.74, 6) is -1.07. The van der Waals surface area contributed by atoms with E-state index in [1.54, 1.807) is 21.6 Å². The number of piperazine rings is 2. The molecule has 3 aromatic carbocycles. The number of nitrogens with zero attached hydrogens (tertiary/aromatic N) is 10. The van der Waals surface area contributed by atoms with Gasteiger partial charge in [-0.15, -0.1) is 0 Å². The fourth-order valence-electron chi connectivity index (χ4n) is 11.7. The number of anilines is 3. The second-order valence-electron chi connectivity index (χ2n) is 21.9. The zero-order valence-corrected chi connectivity index (χ0v) is 48.7.